The summed E-state index contributed by atoms with van der Waals surface area (Å²) >= 11 is 11.8. The Labute approximate surface area is 125 Å². The average molecular weight is 311 g/mol. The number of aromatic nitrogens is 1. The van der Waals surface area contributed by atoms with Crippen LogP contribution in [0.1, 0.15) is 16.1 Å². The van der Waals surface area contributed by atoms with Crippen LogP contribution in [0.4, 0.5) is 0 Å². The van der Waals surface area contributed by atoms with Gasteiger partial charge in [0.05, 0.1) is 0 Å². The number of nitrogens with one attached hydrogen (secondary N) is 1. The minimum absolute atomic E-state index is 0.244. The Balaban J connectivity index is 2.17. The highest BCUT2D eigenvalue weighted by atomic mass is 35.5. The standard InChI is InChI=1S/C14H12Cl2N2O2/c1-18(8-9-5-10(15)7-11(16)6-9)14(20)12-3-2-4-13(19)17-12/h2-7H,8H2,1H3,(H,17,19). The number of carbonyl (C=O) groups excluding carboxylic acids is 1. The van der Waals surface area contributed by atoms with E-state index in [2.05, 4.69) is 4.98 Å². The Bertz CT molecular complexity index is 677. The van der Waals surface area contributed by atoms with Gasteiger partial charge in [-0.05, 0) is 29.8 Å². The Morgan fingerprint density at radius 3 is 2.45 bits per heavy atom. The highest BCUT2D eigenvalue weighted by Gasteiger charge is 2.13. The molecule has 1 heterocycles. The molecule has 0 spiro atoms. The predicted molar refractivity (Wildman–Crippen MR) is 79.3 cm³/mol. The van der Waals surface area contributed by atoms with Crippen LogP contribution in [-0.2, 0) is 6.54 Å². The number of pyridine rings is 1. The zero-order valence-corrected chi connectivity index (χ0v) is 12.2. The SMILES string of the molecule is CN(Cc1cc(Cl)cc(Cl)c1)C(=O)c1cccc(=O)[nH]1. The quantitative estimate of drug-likeness (QED) is 0.947. The first-order valence-electron chi connectivity index (χ1n) is 5.85. The third kappa shape index (κ3) is 3.62. The van der Waals surface area contributed by atoms with Gasteiger partial charge in [0, 0.05) is 29.7 Å². The van der Waals surface area contributed by atoms with Crippen molar-refractivity contribution in [3.05, 3.63) is 68.1 Å². The van der Waals surface area contributed by atoms with E-state index in [0.717, 1.165) is 5.56 Å². The molecule has 1 amide bonds. The molecule has 2 rings (SSSR count). The van der Waals surface area contributed by atoms with Crippen molar-refractivity contribution in [3.63, 3.8) is 0 Å². The van der Waals surface area contributed by atoms with Crippen LogP contribution < -0.4 is 5.56 Å². The second-order valence-electron chi connectivity index (χ2n) is 4.37. The number of H-pyrrole nitrogens is 1. The van der Waals surface area contributed by atoms with Gasteiger partial charge in [-0.25, -0.2) is 0 Å². The van der Waals surface area contributed by atoms with Crippen molar-refractivity contribution in [2.75, 3.05) is 7.05 Å². The van der Waals surface area contributed by atoms with Crippen molar-refractivity contribution in [2.45, 2.75) is 6.54 Å². The number of nitrogens with zero attached hydrogens (tertiary/aromatic N) is 1. The van der Waals surface area contributed by atoms with Gasteiger partial charge in [0.1, 0.15) is 5.69 Å². The summed E-state index contributed by atoms with van der Waals surface area (Å²) < 4.78 is 0. The van der Waals surface area contributed by atoms with Crippen LogP contribution >= 0.6 is 23.2 Å². The molecular weight excluding hydrogens is 299 g/mol. The van der Waals surface area contributed by atoms with E-state index in [4.69, 9.17) is 23.2 Å². The first kappa shape index (κ1) is 14.6. The number of carbonyl (C=O) groups is 1. The predicted octanol–water partition coefficient (Wildman–Crippen LogP) is 2.95. The molecule has 0 aliphatic carbocycles. The van der Waals surface area contributed by atoms with Gasteiger partial charge < -0.3 is 9.88 Å². The summed E-state index contributed by atoms with van der Waals surface area (Å²) in [5.41, 5.74) is 0.750. The van der Waals surface area contributed by atoms with Crippen molar-refractivity contribution in [3.8, 4) is 0 Å². The number of aromatic amines is 1. The summed E-state index contributed by atoms with van der Waals surface area (Å²) in [6, 6.07) is 9.56. The summed E-state index contributed by atoms with van der Waals surface area (Å²) in [4.78, 5) is 27.3. The van der Waals surface area contributed by atoms with Crippen molar-refractivity contribution >= 4 is 29.1 Å². The van der Waals surface area contributed by atoms with Gasteiger partial charge >= 0.3 is 0 Å². The maximum atomic E-state index is 12.2. The Hall–Kier alpha value is -1.78. The summed E-state index contributed by atoms with van der Waals surface area (Å²) in [5, 5.41) is 1.03. The van der Waals surface area contributed by atoms with E-state index < -0.39 is 0 Å². The van der Waals surface area contributed by atoms with Gasteiger partial charge in [-0.1, -0.05) is 29.3 Å². The molecule has 0 fully saturated rings. The van der Waals surface area contributed by atoms with Crippen molar-refractivity contribution in [1.82, 2.24) is 9.88 Å². The van der Waals surface area contributed by atoms with Crippen LogP contribution in [0.25, 0.3) is 0 Å². The van der Waals surface area contributed by atoms with Gasteiger partial charge in [0.15, 0.2) is 0 Å². The molecule has 0 aliphatic rings. The van der Waals surface area contributed by atoms with Crippen LogP contribution in [0, 0.1) is 0 Å². The molecule has 0 unspecified atom stereocenters. The minimum atomic E-state index is -0.310. The van der Waals surface area contributed by atoms with Crippen LogP contribution in [0.3, 0.4) is 0 Å². The first-order valence-corrected chi connectivity index (χ1v) is 6.61. The average Bonchev–Trinajstić information content (AvgIpc) is 2.36. The molecule has 0 radical (unpaired) electrons. The summed E-state index contributed by atoms with van der Waals surface area (Å²) in [7, 11) is 1.64. The summed E-state index contributed by atoms with van der Waals surface area (Å²) in [6.45, 7) is 0.343. The number of hydrogen-bond acceptors (Lipinski definition) is 2. The molecule has 104 valence electrons. The third-order valence-corrected chi connectivity index (χ3v) is 3.12. The molecule has 20 heavy (non-hydrogen) atoms. The molecule has 0 atom stereocenters. The van der Waals surface area contributed by atoms with Gasteiger partial charge in [-0.3, -0.25) is 9.59 Å². The lowest BCUT2D eigenvalue weighted by atomic mass is 10.2. The van der Waals surface area contributed by atoms with E-state index in [1.54, 1.807) is 31.3 Å². The fourth-order valence-corrected chi connectivity index (χ4v) is 2.40. The Morgan fingerprint density at radius 2 is 1.85 bits per heavy atom. The van der Waals surface area contributed by atoms with E-state index in [-0.39, 0.29) is 17.2 Å². The number of halogens is 2. The van der Waals surface area contributed by atoms with E-state index in [1.807, 2.05) is 0 Å². The van der Waals surface area contributed by atoms with Crippen LogP contribution in [0.15, 0.2) is 41.2 Å². The lowest BCUT2D eigenvalue weighted by Gasteiger charge is -2.17. The molecule has 4 nitrogen and oxygen atoms in total. The largest absolute Gasteiger partial charge is 0.336 e. The minimum Gasteiger partial charge on any atom is -0.336 e. The molecular formula is C14H12Cl2N2O2. The maximum Gasteiger partial charge on any atom is 0.270 e. The topological polar surface area (TPSA) is 53.2 Å². The number of hydrogen-bond donors (Lipinski definition) is 1. The van der Waals surface area contributed by atoms with Crippen LogP contribution in [-0.4, -0.2) is 22.8 Å². The Kier molecular flexibility index (Phi) is 4.47. The lowest BCUT2D eigenvalue weighted by Crippen LogP contribution is -2.28. The number of benzene rings is 1. The second-order valence-corrected chi connectivity index (χ2v) is 5.24. The van der Waals surface area contributed by atoms with Crippen molar-refractivity contribution in [2.24, 2.45) is 0 Å². The van der Waals surface area contributed by atoms with E-state index in [0.29, 0.717) is 16.6 Å². The maximum absolute atomic E-state index is 12.2. The monoisotopic (exact) mass is 310 g/mol. The fraction of sp³-hybridized carbons (Fsp3) is 0.143. The van der Waals surface area contributed by atoms with E-state index in [9.17, 15) is 9.59 Å². The summed E-state index contributed by atoms with van der Waals surface area (Å²) in [6.07, 6.45) is 0. The fourth-order valence-electron chi connectivity index (χ4n) is 1.83. The van der Waals surface area contributed by atoms with E-state index >= 15 is 0 Å². The third-order valence-electron chi connectivity index (χ3n) is 2.69. The van der Waals surface area contributed by atoms with Crippen LogP contribution in [0.2, 0.25) is 10.0 Å². The van der Waals surface area contributed by atoms with Crippen molar-refractivity contribution < 1.29 is 4.79 Å². The molecule has 2 aromatic rings. The van der Waals surface area contributed by atoms with Crippen molar-refractivity contribution in [1.29, 1.82) is 0 Å². The lowest BCUT2D eigenvalue weighted by molar-refractivity contribution is 0.0779. The number of amides is 1. The molecule has 6 heteroatoms. The van der Waals surface area contributed by atoms with Gasteiger partial charge in [0.2, 0.25) is 5.56 Å². The molecule has 0 saturated heterocycles. The smallest absolute Gasteiger partial charge is 0.270 e. The molecule has 1 aromatic heterocycles. The van der Waals surface area contributed by atoms with E-state index in [1.165, 1.54) is 17.0 Å². The molecule has 0 bridgehead atoms. The second kappa shape index (κ2) is 6.11. The van der Waals surface area contributed by atoms with Gasteiger partial charge in [-0.15, -0.1) is 0 Å². The zero-order valence-electron chi connectivity index (χ0n) is 10.7. The number of rotatable bonds is 3. The molecule has 1 N–H and O–H groups in total. The highest BCUT2D eigenvalue weighted by Crippen LogP contribution is 2.20. The first-order chi connectivity index (χ1) is 9.45. The highest BCUT2D eigenvalue weighted by molar-refractivity contribution is 6.34. The zero-order chi connectivity index (χ0) is 14.7. The normalized spacial score (nSPS) is 10.3. The Morgan fingerprint density at radius 1 is 1.20 bits per heavy atom. The summed E-state index contributed by atoms with van der Waals surface area (Å²) in [5.74, 6) is -0.279. The van der Waals surface area contributed by atoms with Gasteiger partial charge in [0.25, 0.3) is 5.91 Å². The van der Waals surface area contributed by atoms with Crippen LogP contribution in [0.5, 0.6) is 0 Å². The molecule has 0 aliphatic heterocycles. The van der Waals surface area contributed by atoms with Gasteiger partial charge in [-0.2, -0.15) is 0 Å². The molecule has 1 aromatic carbocycles. The molecule has 0 saturated carbocycles.